The Morgan fingerprint density at radius 1 is 0.944 bits per heavy atom. The van der Waals surface area contributed by atoms with E-state index in [1.54, 1.807) is 30.5 Å². The van der Waals surface area contributed by atoms with Crippen molar-refractivity contribution in [2.75, 3.05) is 6.61 Å². The summed E-state index contributed by atoms with van der Waals surface area (Å²) < 4.78 is 7.39. The summed E-state index contributed by atoms with van der Waals surface area (Å²) in [5, 5.41) is 24.7. The Balaban J connectivity index is 1.48. The van der Waals surface area contributed by atoms with Gasteiger partial charge in [0.2, 0.25) is 0 Å². The molecule has 9 heteroatoms. The monoisotopic (exact) mass is 485 g/mol. The lowest BCUT2D eigenvalue weighted by Gasteiger charge is -2.12. The Morgan fingerprint density at radius 2 is 1.61 bits per heavy atom. The van der Waals surface area contributed by atoms with Crippen LogP contribution in [0.2, 0.25) is 0 Å². The number of aryl methyl sites for hydroxylation is 1. The summed E-state index contributed by atoms with van der Waals surface area (Å²) in [7, 11) is 0. The van der Waals surface area contributed by atoms with E-state index in [-0.39, 0.29) is 17.7 Å². The zero-order valence-corrected chi connectivity index (χ0v) is 19.6. The number of carbonyl (C=O) groups excluding carboxylic acids is 1. The van der Waals surface area contributed by atoms with Gasteiger partial charge < -0.3 is 19.5 Å². The fraction of sp³-hybridized carbons (Fsp3) is 0.111. The van der Waals surface area contributed by atoms with Crippen molar-refractivity contribution in [2.45, 2.75) is 13.8 Å². The molecule has 9 nitrogen and oxygen atoms in total. The van der Waals surface area contributed by atoms with Crippen molar-refractivity contribution in [1.29, 1.82) is 0 Å². The SMILES string of the molecule is Cc1cc(/C=N/NC(=O)COc2cccc3ccccc23)c(C)n1-c1cc(C(=O)O)cc(C(=O)O)c1. The average Bonchev–Trinajstić information content (AvgIpc) is 3.14. The lowest BCUT2D eigenvalue weighted by molar-refractivity contribution is -0.123. The van der Waals surface area contributed by atoms with Crippen molar-refractivity contribution < 1.29 is 29.3 Å². The van der Waals surface area contributed by atoms with Crippen molar-refractivity contribution in [2.24, 2.45) is 5.10 Å². The minimum absolute atomic E-state index is 0.133. The van der Waals surface area contributed by atoms with Gasteiger partial charge in [0.15, 0.2) is 6.61 Å². The number of aromatic carboxylic acids is 2. The molecule has 4 aromatic rings. The van der Waals surface area contributed by atoms with E-state index in [2.05, 4.69) is 10.5 Å². The highest BCUT2D eigenvalue weighted by molar-refractivity contribution is 5.95. The molecule has 0 saturated carbocycles. The number of hydrogen-bond donors (Lipinski definition) is 3. The van der Waals surface area contributed by atoms with Gasteiger partial charge in [0.1, 0.15) is 5.75 Å². The Labute approximate surface area is 206 Å². The number of hydrazone groups is 1. The molecule has 0 aliphatic heterocycles. The summed E-state index contributed by atoms with van der Waals surface area (Å²) in [5.74, 6) is -2.29. The third-order valence-electron chi connectivity index (χ3n) is 5.64. The highest BCUT2D eigenvalue weighted by atomic mass is 16.5. The topological polar surface area (TPSA) is 130 Å². The van der Waals surface area contributed by atoms with Gasteiger partial charge in [-0.3, -0.25) is 4.79 Å². The van der Waals surface area contributed by atoms with Gasteiger partial charge in [-0.05, 0) is 49.6 Å². The zero-order valence-electron chi connectivity index (χ0n) is 19.6. The van der Waals surface area contributed by atoms with Crippen LogP contribution in [-0.2, 0) is 4.79 Å². The van der Waals surface area contributed by atoms with Crippen molar-refractivity contribution in [3.05, 3.63) is 94.8 Å². The largest absolute Gasteiger partial charge is 0.483 e. The van der Waals surface area contributed by atoms with Gasteiger partial charge >= 0.3 is 11.9 Å². The standard InChI is InChI=1S/C27H23N3O6/c1-16-10-21(17(2)30(16)22-12-19(26(32)33)11-20(13-22)27(34)35)14-28-29-25(31)15-36-24-9-5-7-18-6-3-4-8-23(18)24/h3-14H,15H2,1-2H3,(H,29,31)(H,32,33)(H,34,35)/b28-14+. The van der Waals surface area contributed by atoms with Gasteiger partial charge in [0, 0.05) is 28.0 Å². The molecule has 0 fully saturated rings. The lowest BCUT2D eigenvalue weighted by Crippen LogP contribution is -2.24. The number of aromatic nitrogens is 1. The van der Waals surface area contributed by atoms with Crippen molar-refractivity contribution in [1.82, 2.24) is 9.99 Å². The second-order valence-corrected chi connectivity index (χ2v) is 8.10. The summed E-state index contributed by atoms with van der Waals surface area (Å²) in [4.78, 5) is 35.2. The molecule has 1 amide bonds. The summed E-state index contributed by atoms with van der Waals surface area (Å²) in [6, 6.07) is 19.0. The predicted octanol–water partition coefficient (Wildman–Crippen LogP) is 4.17. The molecule has 182 valence electrons. The number of hydrogen-bond acceptors (Lipinski definition) is 5. The molecule has 0 radical (unpaired) electrons. The van der Waals surface area contributed by atoms with Crippen LogP contribution in [0.15, 0.2) is 71.8 Å². The smallest absolute Gasteiger partial charge is 0.335 e. The predicted molar refractivity (Wildman–Crippen MR) is 134 cm³/mol. The molecule has 3 aromatic carbocycles. The van der Waals surface area contributed by atoms with Crippen LogP contribution in [0.25, 0.3) is 16.5 Å². The van der Waals surface area contributed by atoms with Gasteiger partial charge in [-0.1, -0.05) is 36.4 Å². The first-order chi connectivity index (χ1) is 17.2. The van der Waals surface area contributed by atoms with E-state index in [1.165, 1.54) is 18.3 Å². The van der Waals surface area contributed by atoms with Crippen LogP contribution >= 0.6 is 0 Å². The van der Waals surface area contributed by atoms with Crippen molar-refractivity contribution in [3.8, 4) is 11.4 Å². The van der Waals surface area contributed by atoms with Gasteiger partial charge in [0.25, 0.3) is 5.91 Å². The minimum Gasteiger partial charge on any atom is -0.483 e. The second kappa shape index (κ2) is 10.1. The second-order valence-electron chi connectivity index (χ2n) is 8.10. The quantitative estimate of drug-likeness (QED) is 0.254. The van der Waals surface area contributed by atoms with E-state index < -0.39 is 17.8 Å². The molecule has 3 N–H and O–H groups in total. The highest BCUT2D eigenvalue weighted by Gasteiger charge is 2.16. The molecule has 0 aliphatic rings. The van der Waals surface area contributed by atoms with Crippen LogP contribution in [0.3, 0.4) is 0 Å². The van der Waals surface area contributed by atoms with E-state index in [1.807, 2.05) is 36.4 Å². The molecule has 36 heavy (non-hydrogen) atoms. The van der Waals surface area contributed by atoms with Crippen molar-refractivity contribution in [3.63, 3.8) is 0 Å². The summed E-state index contributed by atoms with van der Waals surface area (Å²) in [6.07, 6.45) is 1.47. The Hall–Kier alpha value is -4.92. The molecule has 0 saturated heterocycles. The summed E-state index contributed by atoms with van der Waals surface area (Å²) in [6.45, 7) is 3.37. The Bertz CT molecular complexity index is 1480. The minimum atomic E-state index is -1.22. The van der Waals surface area contributed by atoms with Crippen LogP contribution in [0.1, 0.15) is 37.7 Å². The average molecular weight is 485 g/mol. The molecular weight excluding hydrogens is 462 g/mol. The number of benzene rings is 3. The number of rotatable bonds is 8. The number of carboxylic acid groups (broad SMARTS) is 2. The fourth-order valence-corrected chi connectivity index (χ4v) is 3.97. The summed E-state index contributed by atoms with van der Waals surface area (Å²) in [5.41, 5.74) is 4.66. The number of ether oxygens (including phenoxy) is 1. The van der Waals surface area contributed by atoms with Crippen LogP contribution in [0.4, 0.5) is 0 Å². The number of nitrogens with zero attached hydrogens (tertiary/aromatic N) is 2. The fourth-order valence-electron chi connectivity index (χ4n) is 3.97. The van der Waals surface area contributed by atoms with E-state index in [0.717, 1.165) is 22.5 Å². The molecule has 0 bridgehead atoms. The van der Waals surface area contributed by atoms with Crippen molar-refractivity contribution >= 4 is 34.8 Å². The van der Waals surface area contributed by atoms with Crippen LogP contribution in [-0.4, -0.2) is 45.4 Å². The number of nitrogens with one attached hydrogen (secondary N) is 1. The summed E-state index contributed by atoms with van der Waals surface area (Å²) >= 11 is 0. The highest BCUT2D eigenvalue weighted by Crippen LogP contribution is 2.25. The Morgan fingerprint density at radius 3 is 2.31 bits per heavy atom. The molecule has 0 unspecified atom stereocenters. The third-order valence-corrected chi connectivity index (χ3v) is 5.64. The number of carboxylic acids is 2. The third kappa shape index (κ3) is 5.10. The maximum atomic E-state index is 12.3. The van der Waals surface area contributed by atoms with Gasteiger partial charge in [-0.15, -0.1) is 0 Å². The van der Waals surface area contributed by atoms with Gasteiger partial charge in [-0.2, -0.15) is 5.10 Å². The molecular formula is C27H23N3O6. The van der Waals surface area contributed by atoms with Crippen LogP contribution in [0, 0.1) is 13.8 Å². The normalized spacial score (nSPS) is 11.1. The first-order valence-electron chi connectivity index (χ1n) is 11.0. The molecule has 0 aliphatic carbocycles. The van der Waals surface area contributed by atoms with Gasteiger partial charge in [-0.25, -0.2) is 15.0 Å². The number of fused-ring (bicyclic) bond motifs is 1. The molecule has 1 aromatic heterocycles. The van der Waals surface area contributed by atoms with E-state index in [9.17, 15) is 24.6 Å². The van der Waals surface area contributed by atoms with E-state index in [0.29, 0.717) is 22.7 Å². The molecule has 1 heterocycles. The maximum Gasteiger partial charge on any atom is 0.335 e. The van der Waals surface area contributed by atoms with Crippen LogP contribution < -0.4 is 10.2 Å². The van der Waals surface area contributed by atoms with E-state index >= 15 is 0 Å². The molecule has 4 rings (SSSR count). The zero-order chi connectivity index (χ0) is 25.8. The van der Waals surface area contributed by atoms with Crippen LogP contribution in [0.5, 0.6) is 5.75 Å². The lowest BCUT2D eigenvalue weighted by atomic mass is 10.1. The number of carbonyl (C=O) groups is 3. The molecule has 0 atom stereocenters. The van der Waals surface area contributed by atoms with Gasteiger partial charge in [0.05, 0.1) is 17.3 Å². The van der Waals surface area contributed by atoms with E-state index in [4.69, 9.17) is 4.74 Å². The molecule has 0 spiro atoms. The Kier molecular flexibility index (Phi) is 6.82. The maximum absolute atomic E-state index is 12.3. The first kappa shape index (κ1) is 24.2. The number of amides is 1. The first-order valence-corrected chi connectivity index (χ1v) is 11.0.